The first kappa shape index (κ1) is 15.3. The quantitative estimate of drug-likeness (QED) is 0.639. The highest BCUT2D eigenvalue weighted by atomic mass is 16.6. The van der Waals surface area contributed by atoms with E-state index in [0.717, 1.165) is 0 Å². The third-order valence-corrected chi connectivity index (χ3v) is 3.74. The largest absolute Gasteiger partial charge is 0.389 e. The van der Waals surface area contributed by atoms with E-state index in [1.54, 1.807) is 30.0 Å². The van der Waals surface area contributed by atoms with E-state index in [2.05, 4.69) is 9.97 Å². The zero-order valence-electron chi connectivity index (χ0n) is 12.5. The number of β-amino-alcohol motifs (C(OH)–C–C–N with tert-alkyl or cyclic N) is 2. The van der Waals surface area contributed by atoms with Gasteiger partial charge in [0.05, 0.1) is 17.1 Å². The lowest BCUT2D eigenvalue weighted by atomic mass is 10.2. The molecule has 1 aromatic carbocycles. The maximum atomic E-state index is 10.9. The Morgan fingerprint density at radius 1 is 1.22 bits per heavy atom. The van der Waals surface area contributed by atoms with Gasteiger partial charge in [-0.05, 0) is 6.92 Å². The smallest absolute Gasteiger partial charge is 0.270 e. The second-order valence-electron chi connectivity index (χ2n) is 5.54. The van der Waals surface area contributed by atoms with Gasteiger partial charge in [0.15, 0.2) is 5.82 Å². The molecule has 2 N–H and O–H groups in total. The summed E-state index contributed by atoms with van der Waals surface area (Å²) >= 11 is 0. The number of rotatable bonds is 3. The second kappa shape index (κ2) is 5.90. The average molecular weight is 316 g/mol. The molecule has 0 amide bonds. The van der Waals surface area contributed by atoms with Crippen molar-refractivity contribution in [1.82, 2.24) is 9.97 Å². The van der Waals surface area contributed by atoms with Crippen molar-refractivity contribution in [2.75, 3.05) is 18.0 Å². The lowest BCUT2D eigenvalue weighted by Crippen LogP contribution is -2.22. The summed E-state index contributed by atoms with van der Waals surface area (Å²) in [7, 11) is 0. The molecule has 0 radical (unpaired) electrons. The van der Waals surface area contributed by atoms with Gasteiger partial charge >= 0.3 is 0 Å². The van der Waals surface area contributed by atoms with Gasteiger partial charge in [-0.3, -0.25) is 10.1 Å². The van der Waals surface area contributed by atoms with Crippen LogP contribution in [0, 0.1) is 17.0 Å². The fourth-order valence-corrected chi connectivity index (χ4v) is 2.56. The van der Waals surface area contributed by atoms with Crippen molar-refractivity contribution < 1.29 is 15.1 Å². The molecule has 120 valence electrons. The van der Waals surface area contributed by atoms with Gasteiger partial charge in [0.25, 0.3) is 5.69 Å². The number of hydrogen-bond acceptors (Lipinski definition) is 7. The third kappa shape index (κ3) is 3.13. The summed E-state index contributed by atoms with van der Waals surface area (Å²) in [6.07, 6.45) is -1.63. The lowest BCUT2D eigenvalue weighted by Gasteiger charge is -2.17. The molecule has 2 atom stereocenters. The van der Waals surface area contributed by atoms with E-state index in [-0.39, 0.29) is 18.8 Å². The SMILES string of the molecule is Cc1cc(N2C[C@@H](O)[C@@H](O)C2)nc(-c2cccc([N+](=O)[O-])c2)n1. The van der Waals surface area contributed by atoms with Gasteiger partial charge in [0, 0.05) is 42.5 Å². The number of anilines is 1. The molecule has 3 rings (SSSR count). The van der Waals surface area contributed by atoms with Crippen LogP contribution in [-0.4, -0.2) is 50.4 Å². The van der Waals surface area contributed by atoms with Gasteiger partial charge in [-0.1, -0.05) is 12.1 Å². The Kier molecular flexibility index (Phi) is 3.93. The number of aliphatic hydroxyl groups is 2. The van der Waals surface area contributed by atoms with E-state index in [0.29, 0.717) is 22.9 Å². The molecule has 8 nitrogen and oxygen atoms in total. The predicted octanol–water partition coefficient (Wildman–Crippen LogP) is 0.902. The molecule has 23 heavy (non-hydrogen) atoms. The van der Waals surface area contributed by atoms with E-state index in [4.69, 9.17) is 0 Å². The van der Waals surface area contributed by atoms with Crippen LogP contribution in [-0.2, 0) is 0 Å². The van der Waals surface area contributed by atoms with E-state index in [9.17, 15) is 20.3 Å². The van der Waals surface area contributed by atoms with Gasteiger partial charge in [-0.25, -0.2) is 9.97 Å². The summed E-state index contributed by atoms with van der Waals surface area (Å²) in [6, 6.07) is 7.88. The van der Waals surface area contributed by atoms with Crippen LogP contribution in [0.4, 0.5) is 11.5 Å². The summed E-state index contributed by atoms with van der Waals surface area (Å²) in [6.45, 7) is 2.37. The Morgan fingerprint density at radius 2 is 1.91 bits per heavy atom. The van der Waals surface area contributed by atoms with Crippen LogP contribution in [0.1, 0.15) is 5.69 Å². The monoisotopic (exact) mass is 316 g/mol. The molecule has 1 aliphatic rings. The highest BCUT2D eigenvalue weighted by molar-refractivity contribution is 5.61. The number of nitro groups is 1. The summed E-state index contributed by atoms with van der Waals surface area (Å²) in [5, 5.41) is 30.2. The first-order chi connectivity index (χ1) is 10.9. The van der Waals surface area contributed by atoms with Crippen molar-refractivity contribution in [3.8, 4) is 11.4 Å². The Labute approximate surface area is 132 Å². The van der Waals surface area contributed by atoms with Gasteiger partial charge in [0.1, 0.15) is 5.82 Å². The number of hydrogen-bond donors (Lipinski definition) is 2. The molecule has 1 aliphatic heterocycles. The third-order valence-electron chi connectivity index (χ3n) is 3.74. The van der Waals surface area contributed by atoms with Gasteiger partial charge < -0.3 is 15.1 Å². The molecule has 0 unspecified atom stereocenters. The standard InChI is InChI=1S/C15H16N4O4/c1-9-5-14(18-7-12(20)13(21)8-18)17-15(16-9)10-3-2-4-11(6-10)19(22)23/h2-6,12-13,20-21H,7-8H2,1H3/t12-,13+. The van der Waals surface area contributed by atoms with E-state index >= 15 is 0 Å². The van der Waals surface area contributed by atoms with Crippen LogP contribution in [0.5, 0.6) is 0 Å². The highest BCUT2D eigenvalue weighted by Gasteiger charge is 2.30. The fraction of sp³-hybridized carbons (Fsp3) is 0.333. The topological polar surface area (TPSA) is 113 Å². The van der Waals surface area contributed by atoms with Crippen molar-refractivity contribution in [3.05, 3.63) is 46.1 Å². The zero-order valence-corrected chi connectivity index (χ0v) is 12.5. The number of benzene rings is 1. The van der Waals surface area contributed by atoms with Gasteiger partial charge in [-0.15, -0.1) is 0 Å². The van der Waals surface area contributed by atoms with Crippen molar-refractivity contribution >= 4 is 11.5 Å². The molecular weight excluding hydrogens is 300 g/mol. The number of non-ortho nitro benzene ring substituents is 1. The Balaban J connectivity index is 1.98. The summed E-state index contributed by atoms with van der Waals surface area (Å²) < 4.78 is 0. The molecule has 1 aromatic heterocycles. The Bertz CT molecular complexity index is 742. The second-order valence-corrected chi connectivity index (χ2v) is 5.54. The summed E-state index contributed by atoms with van der Waals surface area (Å²) in [5.41, 5.74) is 1.22. The predicted molar refractivity (Wildman–Crippen MR) is 83.1 cm³/mol. The van der Waals surface area contributed by atoms with Crippen molar-refractivity contribution in [3.63, 3.8) is 0 Å². The maximum absolute atomic E-state index is 10.9. The van der Waals surface area contributed by atoms with E-state index in [1.165, 1.54) is 12.1 Å². The van der Waals surface area contributed by atoms with Crippen LogP contribution in [0.25, 0.3) is 11.4 Å². The molecule has 8 heteroatoms. The maximum Gasteiger partial charge on any atom is 0.270 e. The van der Waals surface area contributed by atoms with Gasteiger partial charge in [-0.2, -0.15) is 0 Å². The highest BCUT2D eigenvalue weighted by Crippen LogP contribution is 2.25. The number of aliphatic hydroxyl groups excluding tert-OH is 2. The average Bonchev–Trinajstić information content (AvgIpc) is 2.86. The number of aryl methyl sites for hydroxylation is 1. The van der Waals surface area contributed by atoms with Crippen LogP contribution >= 0.6 is 0 Å². The Morgan fingerprint density at radius 3 is 2.57 bits per heavy atom. The number of nitro benzene ring substituents is 1. The van der Waals surface area contributed by atoms with Gasteiger partial charge in [0.2, 0.25) is 0 Å². The van der Waals surface area contributed by atoms with E-state index in [1.807, 2.05) is 0 Å². The summed E-state index contributed by atoms with van der Waals surface area (Å²) in [5.74, 6) is 0.953. The van der Waals surface area contributed by atoms with Crippen LogP contribution in [0.3, 0.4) is 0 Å². The minimum absolute atomic E-state index is 0.0267. The molecule has 0 aliphatic carbocycles. The molecule has 1 saturated heterocycles. The number of aromatic nitrogens is 2. The molecular formula is C15H16N4O4. The minimum Gasteiger partial charge on any atom is -0.389 e. The first-order valence-electron chi connectivity index (χ1n) is 7.15. The molecule has 2 aromatic rings. The molecule has 1 fully saturated rings. The van der Waals surface area contributed by atoms with Crippen LogP contribution in [0.15, 0.2) is 30.3 Å². The number of nitrogens with zero attached hydrogens (tertiary/aromatic N) is 4. The minimum atomic E-state index is -0.813. The lowest BCUT2D eigenvalue weighted by molar-refractivity contribution is -0.384. The summed E-state index contributed by atoms with van der Waals surface area (Å²) in [4.78, 5) is 21.0. The molecule has 0 bridgehead atoms. The normalized spacial score (nSPS) is 20.7. The fourth-order valence-electron chi connectivity index (χ4n) is 2.56. The zero-order chi connectivity index (χ0) is 16.6. The first-order valence-corrected chi connectivity index (χ1v) is 7.15. The van der Waals surface area contributed by atoms with Crippen molar-refractivity contribution in [2.24, 2.45) is 0 Å². The Hall–Kier alpha value is -2.58. The molecule has 2 heterocycles. The molecule has 0 spiro atoms. The molecule has 0 saturated carbocycles. The van der Waals surface area contributed by atoms with Crippen LogP contribution in [0.2, 0.25) is 0 Å². The van der Waals surface area contributed by atoms with Crippen molar-refractivity contribution in [1.29, 1.82) is 0 Å². The van der Waals surface area contributed by atoms with E-state index < -0.39 is 17.1 Å². The van der Waals surface area contributed by atoms with Crippen LogP contribution < -0.4 is 4.90 Å². The van der Waals surface area contributed by atoms with Crippen molar-refractivity contribution in [2.45, 2.75) is 19.1 Å².